The monoisotopic (exact) mass is 252 g/mol. The van der Waals surface area contributed by atoms with E-state index in [-0.39, 0.29) is 0 Å². The van der Waals surface area contributed by atoms with Gasteiger partial charge in [0.05, 0.1) is 5.03 Å². The fraction of sp³-hybridized carbons (Fsp3) is 0.500. The molecule has 0 aliphatic heterocycles. The summed E-state index contributed by atoms with van der Waals surface area (Å²) in [6.45, 7) is 8.47. The lowest BCUT2D eigenvalue weighted by Crippen LogP contribution is -1.95. The van der Waals surface area contributed by atoms with Crippen LogP contribution in [0.5, 0.6) is 0 Å². The maximum Gasteiger partial charge on any atom is 0.155 e. The zero-order valence-corrected chi connectivity index (χ0v) is 11.7. The van der Waals surface area contributed by atoms with Crippen LogP contribution < -0.4 is 0 Å². The fourth-order valence-electron chi connectivity index (χ4n) is 1.16. The fourth-order valence-corrected chi connectivity index (χ4v) is 2.80. The van der Waals surface area contributed by atoms with Crippen LogP contribution in [0, 0.1) is 11.3 Å². The van der Waals surface area contributed by atoms with Gasteiger partial charge < -0.3 is 0 Å². The second-order valence-corrected chi connectivity index (χ2v) is 7.16. The maximum absolute atomic E-state index is 9.05. The van der Waals surface area contributed by atoms with Gasteiger partial charge in [-0.25, -0.2) is 4.98 Å². The molecule has 0 aliphatic rings. The van der Waals surface area contributed by atoms with Gasteiger partial charge in [0.25, 0.3) is 0 Å². The van der Waals surface area contributed by atoms with Crippen LogP contribution in [0.4, 0.5) is 0 Å². The highest BCUT2D eigenvalue weighted by atomic mass is 32.2. The summed E-state index contributed by atoms with van der Waals surface area (Å²) in [5, 5.41) is 10.9. The zero-order chi connectivity index (χ0) is 12.1. The molecule has 16 heavy (non-hydrogen) atoms. The molecule has 0 N–H and O–H groups in total. The van der Waals surface area contributed by atoms with E-state index in [1.165, 1.54) is 0 Å². The highest BCUT2D eigenvalue weighted by molar-refractivity contribution is 8.00. The molecule has 0 fully saturated rings. The quantitative estimate of drug-likeness (QED) is 0.760. The molecule has 0 saturated carbocycles. The van der Waals surface area contributed by atoms with E-state index >= 15 is 0 Å². The van der Waals surface area contributed by atoms with Gasteiger partial charge in [-0.05, 0) is 12.1 Å². The molecule has 1 heterocycles. The van der Waals surface area contributed by atoms with Gasteiger partial charge in [0, 0.05) is 15.4 Å². The molecule has 1 rings (SSSR count). The molecule has 0 unspecified atom stereocenters. The van der Waals surface area contributed by atoms with Crippen molar-refractivity contribution in [2.45, 2.75) is 48.1 Å². The number of rotatable bonds is 4. The Bertz CT molecular complexity index is 394. The smallest absolute Gasteiger partial charge is 0.155 e. The van der Waals surface area contributed by atoms with Crippen molar-refractivity contribution in [1.29, 1.82) is 5.26 Å². The average Bonchev–Trinajstić information content (AvgIpc) is 2.18. The summed E-state index contributed by atoms with van der Waals surface area (Å²) in [4.78, 5) is 5.34. The lowest BCUT2D eigenvalue weighted by molar-refractivity contribution is 1.02. The third kappa shape index (κ3) is 4.07. The molecule has 86 valence electrons. The van der Waals surface area contributed by atoms with Crippen molar-refractivity contribution in [3.63, 3.8) is 0 Å². The van der Waals surface area contributed by atoms with E-state index in [2.05, 4.69) is 38.7 Å². The van der Waals surface area contributed by atoms with E-state index in [1.807, 2.05) is 12.1 Å². The van der Waals surface area contributed by atoms with Crippen molar-refractivity contribution in [1.82, 2.24) is 4.98 Å². The van der Waals surface area contributed by atoms with E-state index in [4.69, 9.17) is 5.26 Å². The van der Waals surface area contributed by atoms with Crippen LogP contribution in [0.3, 0.4) is 0 Å². The lowest BCUT2D eigenvalue weighted by Gasteiger charge is -2.08. The standard InChI is InChI=1S/C12H16N2S2/c1-8(2)15-11-5-6-12(16-9(3)4)14-10(11)7-13/h5-6,8-9H,1-4H3. The molecule has 1 aromatic rings. The van der Waals surface area contributed by atoms with Crippen molar-refractivity contribution in [2.24, 2.45) is 0 Å². The molecule has 0 aliphatic carbocycles. The number of thioether (sulfide) groups is 2. The Morgan fingerprint density at radius 3 is 2.25 bits per heavy atom. The number of pyridine rings is 1. The molecule has 2 nitrogen and oxygen atoms in total. The Morgan fingerprint density at radius 2 is 1.75 bits per heavy atom. The van der Waals surface area contributed by atoms with Crippen molar-refractivity contribution in [3.8, 4) is 6.07 Å². The minimum absolute atomic E-state index is 0.470. The Labute approximate surface area is 106 Å². The third-order valence-electron chi connectivity index (χ3n) is 1.66. The molecule has 0 saturated heterocycles. The molecular formula is C12H16N2S2. The largest absolute Gasteiger partial charge is 0.230 e. The highest BCUT2D eigenvalue weighted by Crippen LogP contribution is 2.28. The number of nitriles is 1. The van der Waals surface area contributed by atoms with Crippen molar-refractivity contribution in [3.05, 3.63) is 17.8 Å². The summed E-state index contributed by atoms with van der Waals surface area (Å²) < 4.78 is 0. The zero-order valence-electron chi connectivity index (χ0n) is 10.0. The minimum Gasteiger partial charge on any atom is -0.230 e. The molecule has 0 radical (unpaired) electrons. The van der Waals surface area contributed by atoms with E-state index in [1.54, 1.807) is 23.5 Å². The van der Waals surface area contributed by atoms with Gasteiger partial charge in [-0.1, -0.05) is 27.7 Å². The molecule has 0 spiro atoms. The molecule has 0 atom stereocenters. The summed E-state index contributed by atoms with van der Waals surface area (Å²) in [6.07, 6.45) is 0. The first kappa shape index (κ1) is 13.4. The van der Waals surface area contributed by atoms with Crippen molar-refractivity contribution in [2.75, 3.05) is 0 Å². The minimum atomic E-state index is 0.470. The number of aromatic nitrogens is 1. The van der Waals surface area contributed by atoms with Crippen LogP contribution in [0.15, 0.2) is 22.1 Å². The number of hydrogen-bond acceptors (Lipinski definition) is 4. The third-order valence-corrected chi connectivity index (χ3v) is 3.65. The molecule has 0 amide bonds. The predicted octanol–water partition coefficient (Wildman–Crippen LogP) is 3.95. The van der Waals surface area contributed by atoms with Crippen LogP contribution in [-0.2, 0) is 0 Å². The average molecular weight is 252 g/mol. The Balaban J connectivity index is 2.94. The highest BCUT2D eigenvalue weighted by Gasteiger charge is 2.09. The normalized spacial score (nSPS) is 10.8. The van der Waals surface area contributed by atoms with Crippen LogP contribution >= 0.6 is 23.5 Å². The Morgan fingerprint density at radius 1 is 1.12 bits per heavy atom. The summed E-state index contributed by atoms with van der Waals surface area (Å²) in [5.74, 6) is 0. The van der Waals surface area contributed by atoms with E-state index in [9.17, 15) is 0 Å². The van der Waals surface area contributed by atoms with Gasteiger partial charge in [-0.3, -0.25) is 0 Å². The molecular weight excluding hydrogens is 236 g/mol. The first-order valence-electron chi connectivity index (χ1n) is 5.27. The SMILES string of the molecule is CC(C)Sc1ccc(SC(C)C)c(C#N)n1. The topological polar surface area (TPSA) is 36.7 Å². The summed E-state index contributed by atoms with van der Waals surface area (Å²) in [5.41, 5.74) is 0.546. The van der Waals surface area contributed by atoms with Gasteiger partial charge in [0.2, 0.25) is 0 Å². The van der Waals surface area contributed by atoms with Gasteiger partial charge >= 0.3 is 0 Å². The van der Waals surface area contributed by atoms with E-state index in [0.29, 0.717) is 16.2 Å². The van der Waals surface area contributed by atoms with Crippen LogP contribution in [0.1, 0.15) is 33.4 Å². The summed E-state index contributed by atoms with van der Waals surface area (Å²) in [6, 6.07) is 6.17. The lowest BCUT2D eigenvalue weighted by atomic mass is 10.4. The van der Waals surface area contributed by atoms with Gasteiger partial charge in [-0.2, -0.15) is 5.26 Å². The first-order valence-corrected chi connectivity index (χ1v) is 7.03. The van der Waals surface area contributed by atoms with Crippen LogP contribution in [-0.4, -0.2) is 15.5 Å². The Hall–Kier alpha value is -0.660. The second-order valence-electron chi connectivity index (χ2n) is 3.94. The number of nitrogens with zero attached hydrogens (tertiary/aromatic N) is 2. The number of hydrogen-bond donors (Lipinski definition) is 0. The maximum atomic E-state index is 9.05. The van der Waals surface area contributed by atoms with Crippen molar-refractivity contribution >= 4 is 23.5 Å². The van der Waals surface area contributed by atoms with Gasteiger partial charge in [-0.15, -0.1) is 23.5 Å². The first-order chi connectivity index (χ1) is 7.52. The summed E-state index contributed by atoms with van der Waals surface area (Å²) >= 11 is 3.37. The van der Waals surface area contributed by atoms with E-state index < -0.39 is 0 Å². The van der Waals surface area contributed by atoms with Crippen LogP contribution in [0.2, 0.25) is 0 Å². The Kier molecular flexibility index (Phi) is 5.17. The van der Waals surface area contributed by atoms with Gasteiger partial charge in [0.1, 0.15) is 6.07 Å². The van der Waals surface area contributed by atoms with Crippen molar-refractivity contribution < 1.29 is 0 Å². The molecule has 1 aromatic heterocycles. The molecule has 0 aromatic carbocycles. The summed E-state index contributed by atoms with van der Waals surface area (Å²) in [7, 11) is 0. The van der Waals surface area contributed by atoms with Crippen LogP contribution in [0.25, 0.3) is 0 Å². The molecule has 0 bridgehead atoms. The van der Waals surface area contributed by atoms with E-state index in [0.717, 1.165) is 9.92 Å². The second kappa shape index (κ2) is 6.17. The van der Waals surface area contributed by atoms with Gasteiger partial charge in [0.15, 0.2) is 5.69 Å². The predicted molar refractivity (Wildman–Crippen MR) is 70.9 cm³/mol. The molecule has 4 heteroatoms.